The first-order valence-electron chi connectivity index (χ1n) is 6.35. The van der Waals surface area contributed by atoms with Crippen LogP contribution in [0.1, 0.15) is 30.6 Å². The predicted molar refractivity (Wildman–Crippen MR) is 78.0 cm³/mol. The number of hydrogen-bond donors (Lipinski definition) is 3. The standard InChI is InChI=1S/C13H13N5OS/c1-13(2)6-3-8-9(4-7(6)17-12(13)19)16-10(15-8)11-18-14-5-20-11/h3-5,10,15-16H,1-2H3,(H,17,19). The highest BCUT2D eigenvalue weighted by Crippen LogP contribution is 2.45. The quantitative estimate of drug-likeness (QED) is 0.750. The molecule has 2 aromatic rings. The predicted octanol–water partition coefficient (Wildman–Crippen LogP) is 2.30. The molecule has 1 atom stereocenters. The smallest absolute Gasteiger partial charge is 0.234 e. The minimum absolute atomic E-state index is 0.0387. The number of hydrogen-bond acceptors (Lipinski definition) is 6. The van der Waals surface area contributed by atoms with E-state index in [1.807, 2.05) is 26.0 Å². The van der Waals surface area contributed by atoms with Crippen molar-refractivity contribution < 1.29 is 4.79 Å². The maximum Gasteiger partial charge on any atom is 0.234 e. The normalized spacial score (nSPS) is 21.7. The molecular weight excluding hydrogens is 274 g/mol. The molecule has 102 valence electrons. The van der Waals surface area contributed by atoms with Gasteiger partial charge in [0.25, 0.3) is 0 Å². The molecule has 1 unspecified atom stereocenters. The number of benzene rings is 1. The molecule has 0 aliphatic carbocycles. The van der Waals surface area contributed by atoms with Crippen LogP contribution < -0.4 is 16.0 Å². The average Bonchev–Trinajstić information content (AvgIpc) is 3.08. The highest BCUT2D eigenvalue weighted by atomic mass is 32.1. The zero-order chi connectivity index (χ0) is 13.9. The molecule has 4 rings (SSSR count). The number of fused-ring (bicyclic) bond motifs is 2. The van der Waals surface area contributed by atoms with Gasteiger partial charge in [-0.15, -0.1) is 21.5 Å². The van der Waals surface area contributed by atoms with Gasteiger partial charge in [-0.3, -0.25) is 4.79 Å². The third kappa shape index (κ3) is 1.46. The van der Waals surface area contributed by atoms with Gasteiger partial charge in [-0.2, -0.15) is 0 Å². The van der Waals surface area contributed by atoms with Crippen molar-refractivity contribution in [2.45, 2.75) is 25.4 Å². The maximum absolute atomic E-state index is 12.0. The molecular formula is C13H13N5OS. The summed E-state index contributed by atoms with van der Waals surface area (Å²) < 4.78 is 0. The van der Waals surface area contributed by atoms with E-state index in [0.29, 0.717) is 0 Å². The molecule has 0 saturated heterocycles. The van der Waals surface area contributed by atoms with Crippen molar-refractivity contribution in [3.05, 3.63) is 28.2 Å². The van der Waals surface area contributed by atoms with Gasteiger partial charge in [0, 0.05) is 5.69 Å². The summed E-state index contributed by atoms with van der Waals surface area (Å²) >= 11 is 1.50. The molecule has 2 aliphatic heterocycles. The molecule has 1 aromatic carbocycles. The second kappa shape index (κ2) is 3.69. The maximum atomic E-state index is 12.0. The van der Waals surface area contributed by atoms with Crippen molar-refractivity contribution in [1.29, 1.82) is 0 Å². The molecule has 7 heteroatoms. The van der Waals surface area contributed by atoms with Gasteiger partial charge in [0.05, 0.1) is 16.8 Å². The Kier molecular flexibility index (Phi) is 2.15. The molecule has 0 spiro atoms. The Hall–Kier alpha value is -2.15. The van der Waals surface area contributed by atoms with E-state index in [9.17, 15) is 4.79 Å². The van der Waals surface area contributed by atoms with Crippen molar-refractivity contribution in [2.24, 2.45) is 0 Å². The van der Waals surface area contributed by atoms with Crippen LogP contribution in [-0.4, -0.2) is 16.1 Å². The Morgan fingerprint density at radius 2 is 1.95 bits per heavy atom. The van der Waals surface area contributed by atoms with E-state index in [-0.39, 0.29) is 12.1 Å². The van der Waals surface area contributed by atoms with E-state index < -0.39 is 5.41 Å². The monoisotopic (exact) mass is 287 g/mol. The van der Waals surface area contributed by atoms with Crippen LogP contribution >= 0.6 is 11.3 Å². The van der Waals surface area contributed by atoms with Crippen molar-refractivity contribution in [1.82, 2.24) is 10.2 Å². The number of carbonyl (C=O) groups is 1. The number of aromatic nitrogens is 2. The highest BCUT2D eigenvalue weighted by Gasteiger charge is 2.40. The zero-order valence-corrected chi connectivity index (χ0v) is 11.8. The minimum Gasteiger partial charge on any atom is -0.358 e. The van der Waals surface area contributed by atoms with Crippen LogP contribution in [0, 0.1) is 0 Å². The van der Waals surface area contributed by atoms with Crippen molar-refractivity contribution in [3.8, 4) is 0 Å². The lowest BCUT2D eigenvalue weighted by molar-refractivity contribution is -0.119. The average molecular weight is 287 g/mol. The molecule has 6 nitrogen and oxygen atoms in total. The van der Waals surface area contributed by atoms with Crippen LogP contribution in [0.15, 0.2) is 17.6 Å². The van der Waals surface area contributed by atoms with Gasteiger partial charge in [0.1, 0.15) is 5.51 Å². The number of anilines is 3. The molecule has 0 fully saturated rings. The number of nitrogens with one attached hydrogen (secondary N) is 3. The van der Waals surface area contributed by atoms with Crippen LogP contribution in [0.3, 0.4) is 0 Å². The molecule has 3 N–H and O–H groups in total. The molecule has 1 amide bonds. The summed E-state index contributed by atoms with van der Waals surface area (Å²) in [7, 11) is 0. The zero-order valence-electron chi connectivity index (χ0n) is 11.0. The SMILES string of the molecule is CC1(C)C(=O)Nc2cc3c(cc21)NC(c1nncs1)N3. The second-order valence-electron chi connectivity index (χ2n) is 5.52. The number of carbonyl (C=O) groups excluding carboxylic acids is 1. The number of nitrogens with zero attached hydrogens (tertiary/aromatic N) is 2. The van der Waals surface area contributed by atoms with Crippen molar-refractivity contribution >= 4 is 34.3 Å². The topological polar surface area (TPSA) is 78.9 Å². The summed E-state index contributed by atoms with van der Waals surface area (Å²) in [6.07, 6.45) is -0.0566. The summed E-state index contributed by atoms with van der Waals surface area (Å²) in [5.41, 5.74) is 5.09. The lowest BCUT2D eigenvalue weighted by Gasteiger charge is -2.15. The van der Waals surface area contributed by atoms with Gasteiger partial charge in [-0.1, -0.05) is 0 Å². The molecule has 0 radical (unpaired) electrons. The molecule has 0 saturated carbocycles. The van der Waals surface area contributed by atoms with E-state index in [1.54, 1.807) is 5.51 Å². The number of rotatable bonds is 1. The van der Waals surface area contributed by atoms with Gasteiger partial charge in [0.15, 0.2) is 11.2 Å². The highest BCUT2D eigenvalue weighted by molar-refractivity contribution is 7.09. The summed E-state index contributed by atoms with van der Waals surface area (Å²) in [5, 5.41) is 18.5. The fourth-order valence-electron chi connectivity index (χ4n) is 2.64. The molecule has 20 heavy (non-hydrogen) atoms. The molecule has 3 heterocycles. The van der Waals surface area contributed by atoms with Gasteiger partial charge < -0.3 is 16.0 Å². The fraction of sp³-hybridized carbons (Fsp3) is 0.308. The van der Waals surface area contributed by atoms with Crippen LogP contribution in [-0.2, 0) is 10.2 Å². The summed E-state index contributed by atoms with van der Waals surface area (Å²) in [6.45, 7) is 3.87. The largest absolute Gasteiger partial charge is 0.358 e. The summed E-state index contributed by atoms with van der Waals surface area (Å²) in [5.74, 6) is 0.0387. The van der Waals surface area contributed by atoms with Crippen molar-refractivity contribution in [3.63, 3.8) is 0 Å². The summed E-state index contributed by atoms with van der Waals surface area (Å²) in [6, 6.07) is 4.02. The van der Waals surface area contributed by atoms with Crippen LogP contribution in [0.2, 0.25) is 0 Å². The van der Waals surface area contributed by atoms with Gasteiger partial charge >= 0.3 is 0 Å². The van der Waals surface area contributed by atoms with E-state index >= 15 is 0 Å². The molecule has 0 bridgehead atoms. The van der Waals surface area contributed by atoms with E-state index in [2.05, 4.69) is 26.1 Å². The Morgan fingerprint density at radius 3 is 2.65 bits per heavy atom. The first-order valence-corrected chi connectivity index (χ1v) is 7.23. The minimum atomic E-state index is -0.493. The van der Waals surface area contributed by atoms with Gasteiger partial charge in [-0.25, -0.2) is 0 Å². The Morgan fingerprint density at radius 1 is 1.20 bits per heavy atom. The number of amides is 1. The lowest BCUT2D eigenvalue weighted by Crippen LogP contribution is -2.26. The Balaban J connectivity index is 1.74. The first-order chi connectivity index (χ1) is 9.55. The lowest BCUT2D eigenvalue weighted by atomic mass is 9.86. The van der Waals surface area contributed by atoms with E-state index in [1.165, 1.54) is 11.3 Å². The van der Waals surface area contributed by atoms with E-state index in [4.69, 9.17) is 0 Å². The fourth-order valence-corrected chi connectivity index (χ4v) is 3.19. The summed E-state index contributed by atoms with van der Waals surface area (Å²) in [4.78, 5) is 12.0. The molecule has 2 aliphatic rings. The second-order valence-corrected chi connectivity index (χ2v) is 6.39. The van der Waals surface area contributed by atoms with Crippen LogP contribution in [0.4, 0.5) is 17.1 Å². The third-order valence-corrected chi connectivity index (χ3v) is 4.63. The van der Waals surface area contributed by atoms with Gasteiger partial charge in [-0.05, 0) is 31.5 Å². The van der Waals surface area contributed by atoms with Crippen molar-refractivity contribution in [2.75, 3.05) is 16.0 Å². The molecule has 1 aromatic heterocycles. The Labute approximate surface area is 119 Å². The van der Waals surface area contributed by atoms with E-state index in [0.717, 1.165) is 27.6 Å². The third-order valence-electron chi connectivity index (χ3n) is 3.87. The van der Waals surface area contributed by atoms with Crippen LogP contribution in [0.5, 0.6) is 0 Å². The van der Waals surface area contributed by atoms with Crippen LogP contribution in [0.25, 0.3) is 0 Å². The van der Waals surface area contributed by atoms with Gasteiger partial charge in [0.2, 0.25) is 5.91 Å². The Bertz CT molecular complexity index is 710. The first kappa shape index (κ1) is 11.7.